The van der Waals surface area contributed by atoms with Gasteiger partial charge in [0.15, 0.2) is 0 Å². The molecule has 0 bridgehead atoms. The minimum absolute atomic E-state index is 0.0685. The first-order valence-electron chi connectivity index (χ1n) is 10.9. The molecule has 30 heavy (non-hydrogen) atoms. The highest BCUT2D eigenvalue weighted by molar-refractivity contribution is 7.07. The van der Waals surface area contributed by atoms with Crippen LogP contribution in [-0.2, 0) is 17.6 Å². The molecule has 3 N–H and O–H groups in total. The van der Waals surface area contributed by atoms with E-state index in [9.17, 15) is 9.90 Å². The van der Waals surface area contributed by atoms with Crippen molar-refractivity contribution in [2.24, 2.45) is 0 Å². The number of hydrogen-bond acceptors (Lipinski definition) is 6. The zero-order valence-corrected chi connectivity index (χ0v) is 18.5. The van der Waals surface area contributed by atoms with Gasteiger partial charge in [0.25, 0.3) is 0 Å². The van der Waals surface area contributed by atoms with Crippen LogP contribution in [0.1, 0.15) is 62.4 Å². The summed E-state index contributed by atoms with van der Waals surface area (Å²) in [7, 11) is 0. The van der Waals surface area contributed by atoms with Crippen molar-refractivity contribution >= 4 is 17.2 Å². The lowest BCUT2D eigenvalue weighted by atomic mass is 9.72. The molecule has 2 heterocycles. The van der Waals surface area contributed by atoms with Gasteiger partial charge < -0.3 is 20.5 Å². The summed E-state index contributed by atoms with van der Waals surface area (Å²) in [5.74, 6) is 0.817. The fraction of sp³-hybridized carbons (Fsp3) is 0.565. The molecule has 1 aromatic heterocycles. The number of amides is 1. The molecule has 6 nitrogen and oxygen atoms in total. The van der Waals surface area contributed by atoms with Crippen molar-refractivity contribution in [3.8, 4) is 5.75 Å². The molecular weight excluding hydrogens is 398 g/mol. The molecule has 1 fully saturated rings. The molecule has 1 aliphatic carbocycles. The zero-order valence-electron chi connectivity index (χ0n) is 17.7. The lowest BCUT2D eigenvalue weighted by Gasteiger charge is -2.48. The van der Waals surface area contributed by atoms with Gasteiger partial charge in [-0.25, -0.2) is 4.98 Å². The van der Waals surface area contributed by atoms with Gasteiger partial charge in [-0.3, -0.25) is 4.79 Å². The third kappa shape index (κ3) is 4.68. The van der Waals surface area contributed by atoms with Gasteiger partial charge in [0.1, 0.15) is 11.4 Å². The molecule has 3 atom stereocenters. The Morgan fingerprint density at radius 2 is 2.27 bits per heavy atom. The topological polar surface area (TPSA) is 83.5 Å². The molecule has 1 saturated carbocycles. The average molecular weight is 430 g/mol. The largest absolute Gasteiger partial charge is 0.487 e. The fourth-order valence-corrected chi connectivity index (χ4v) is 5.08. The Balaban J connectivity index is 1.47. The molecule has 0 radical (unpaired) electrons. The van der Waals surface area contributed by atoms with Crippen LogP contribution in [0.3, 0.4) is 0 Å². The predicted molar refractivity (Wildman–Crippen MR) is 118 cm³/mol. The van der Waals surface area contributed by atoms with Crippen LogP contribution in [0.5, 0.6) is 5.75 Å². The lowest BCUT2D eigenvalue weighted by molar-refractivity contribution is -0.120. The monoisotopic (exact) mass is 429 g/mol. The zero-order chi connectivity index (χ0) is 21.1. The van der Waals surface area contributed by atoms with E-state index in [4.69, 9.17) is 4.74 Å². The number of aromatic nitrogens is 1. The van der Waals surface area contributed by atoms with Crippen molar-refractivity contribution in [1.82, 2.24) is 15.6 Å². The second-order valence-electron chi connectivity index (χ2n) is 8.59. The van der Waals surface area contributed by atoms with Gasteiger partial charge >= 0.3 is 0 Å². The molecule has 0 unspecified atom stereocenters. The van der Waals surface area contributed by atoms with Crippen molar-refractivity contribution < 1.29 is 14.6 Å². The summed E-state index contributed by atoms with van der Waals surface area (Å²) in [6.45, 7) is 4.03. The summed E-state index contributed by atoms with van der Waals surface area (Å²) < 4.78 is 6.40. The third-order valence-electron chi connectivity index (χ3n) is 6.36. The van der Waals surface area contributed by atoms with Crippen molar-refractivity contribution in [3.63, 3.8) is 0 Å². The minimum Gasteiger partial charge on any atom is -0.487 e. The molecule has 162 valence electrons. The Labute approximate surface area is 182 Å². The first-order chi connectivity index (χ1) is 14.5. The van der Waals surface area contributed by atoms with Crippen LogP contribution in [0.2, 0.25) is 0 Å². The van der Waals surface area contributed by atoms with Gasteiger partial charge in [-0.2, -0.15) is 0 Å². The van der Waals surface area contributed by atoms with Gasteiger partial charge in [0, 0.05) is 43.3 Å². The molecule has 2 aromatic rings. The van der Waals surface area contributed by atoms with E-state index in [1.165, 1.54) is 35.8 Å². The number of aryl methyl sites for hydroxylation is 1. The summed E-state index contributed by atoms with van der Waals surface area (Å²) in [6.07, 6.45) is 5.06. The van der Waals surface area contributed by atoms with Crippen LogP contribution in [0.4, 0.5) is 0 Å². The number of thiazole rings is 1. The molecular formula is C23H31N3O3S. The van der Waals surface area contributed by atoms with Crippen molar-refractivity contribution in [2.75, 3.05) is 6.54 Å². The van der Waals surface area contributed by atoms with Crippen LogP contribution in [-0.4, -0.2) is 40.3 Å². The molecule has 1 spiro atoms. The lowest BCUT2D eigenvalue weighted by Crippen LogP contribution is -2.52. The van der Waals surface area contributed by atoms with Gasteiger partial charge in [0.2, 0.25) is 5.91 Å². The number of fused-ring (bicyclic) bond motifs is 1. The maximum Gasteiger partial charge on any atom is 0.217 e. The summed E-state index contributed by atoms with van der Waals surface area (Å²) in [4.78, 5) is 16.0. The predicted octanol–water partition coefficient (Wildman–Crippen LogP) is 3.15. The van der Waals surface area contributed by atoms with E-state index in [-0.39, 0.29) is 23.6 Å². The normalized spacial score (nSPS) is 21.2. The van der Waals surface area contributed by atoms with E-state index in [1.54, 1.807) is 5.51 Å². The number of benzene rings is 1. The van der Waals surface area contributed by atoms with E-state index in [0.717, 1.165) is 37.1 Å². The van der Waals surface area contributed by atoms with Crippen LogP contribution in [0, 0.1) is 0 Å². The number of ether oxygens (including phenoxy) is 1. The Morgan fingerprint density at radius 1 is 1.43 bits per heavy atom. The van der Waals surface area contributed by atoms with Crippen molar-refractivity contribution in [2.45, 2.75) is 76.2 Å². The number of rotatable bonds is 8. The number of carbonyl (C=O) groups excluding carboxylic acids is 1. The van der Waals surface area contributed by atoms with E-state index >= 15 is 0 Å². The highest BCUT2D eigenvalue weighted by Gasteiger charge is 2.45. The minimum atomic E-state index is -0.714. The second-order valence-corrected chi connectivity index (χ2v) is 9.31. The maximum atomic E-state index is 11.7. The number of aliphatic hydroxyl groups is 1. The number of carbonyl (C=O) groups is 1. The molecule has 1 aromatic carbocycles. The maximum absolute atomic E-state index is 11.7. The first kappa shape index (κ1) is 21.3. The third-order valence-corrected chi connectivity index (χ3v) is 7.00. The van der Waals surface area contributed by atoms with E-state index in [2.05, 4.69) is 40.7 Å². The number of hydrogen-bond donors (Lipinski definition) is 3. The van der Waals surface area contributed by atoms with E-state index in [1.807, 2.05) is 5.38 Å². The smallest absolute Gasteiger partial charge is 0.217 e. The van der Waals surface area contributed by atoms with Crippen LogP contribution in [0.15, 0.2) is 29.1 Å². The fourth-order valence-electron chi connectivity index (χ4n) is 4.51. The Morgan fingerprint density at radius 3 is 2.90 bits per heavy atom. The highest BCUT2D eigenvalue weighted by atomic mass is 32.1. The SMILES string of the molecule is CCc1ccc2c(c1)[C@@H](NC[C@H](O)[C@H](Cc1cscn1)NC(C)=O)CC1(CCC1)O2. The molecule has 2 aliphatic rings. The molecule has 1 amide bonds. The highest BCUT2D eigenvalue weighted by Crippen LogP contribution is 2.49. The van der Waals surface area contributed by atoms with E-state index < -0.39 is 6.10 Å². The van der Waals surface area contributed by atoms with Gasteiger partial charge in [-0.15, -0.1) is 11.3 Å². The Kier molecular flexibility index (Phi) is 6.41. The first-order valence-corrected chi connectivity index (χ1v) is 11.8. The summed E-state index contributed by atoms with van der Waals surface area (Å²) >= 11 is 1.52. The number of aliphatic hydroxyl groups excluding tert-OH is 1. The van der Waals surface area contributed by atoms with Crippen LogP contribution < -0.4 is 15.4 Å². The Bertz CT molecular complexity index is 867. The number of nitrogens with one attached hydrogen (secondary N) is 2. The van der Waals surface area contributed by atoms with Gasteiger partial charge in [-0.05, 0) is 37.3 Å². The quantitative estimate of drug-likeness (QED) is 0.600. The number of nitrogens with zero attached hydrogens (tertiary/aromatic N) is 1. The van der Waals surface area contributed by atoms with Gasteiger partial charge in [-0.1, -0.05) is 19.1 Å². The summed E-state index contributed by atoms with van der Waals surface area (Å²) in [5, 5.41) is 19.3. The van der Waals surface area contributed by atoms with E-state index in [0.29, 0.717) is 13.0 Å². The van der Waals surface area contributed by atoms with Crippen molar-refractivity contribution in [1.29, 1.82) is 0 Å². The average Bonchev–Trinajstić information content (AvgIpc) is 3.22. The molecule has 7 heteroatoms. The molecule has 1 aliphatic heterocycles. The van der Waals surface area contributed by atoms with Gasteiger partial charge in [0.05, 0.1) is 23.4 Å². The molecule has 4 rings (SSSR count). The Hall–Kier alpha value is -1.96. The second kappa shape index (κ2) is 9.04. The summed E-state index contributed by atoms with van der Waals surface area (Å²) in [5.41, 5.74) is 5.05. The van der Waals surface area contributed by atoms with Crippen LogP contribution in [0.25, 0.3) is 0 Å². The summed E-state index contributed by atoms with van der Waals surface area (Å²) in [6, 6.07) is 6.22. The van der Waals surface area contributed by atoms with Crippen molar-refractivity contribution in [3.05, 3.63) is 45.9 Å². The standard InChI is InChI=1S/C23H31N3O3S/c1-3-16-5-6-22-18(9-16)20(11-23(29-22)7-4-8-23)24-12-21(28)19(26-15(2)27)10-17-13-30-14-25-17/h5-6,9,13-14,19-21,24,28H,3-4,7-8,10-12H2,1-2H3,(H,26,27)/t19-,20-,21-/m0/s1. The van der Waals surface area contributed by atoms with Crippen LogP contribution >= 0.6 is 11.3 Å². The molecule has 0 saturated heterocycles.